The number of carbonyl (C=O) groups excluding carboxylic acids is 1. The molecule has 33 heavy (non-hydrogen) atoms. The largest absolute Gasteiger partial charge is 0.312 e. The summed E-state index contributed by atoms with van der Waals surface area (Å²) in [5.74, 6) is -0.801. The van der Waals surface area contributed by atoms with Crippen molar-refractivity contribution in [3.63, 3.8) is 0 Å². The van der Waals surface area contributed by atoms with Crippen molar-refractivity contribution in [3.8, 4) is 6.07 Å². The van der Waals surface area contributed by atoms with E-state index in [2.05, 4.69) is 5.32 Å². The summed E-state index contributed by atoms with van der Waals surface area (Å²) in [4.78, 5) is 23.3. The minimum atomic E-state index is -3.99. The highest BCUT2D eigenvalue weighted by Gasteiger charge is 2.31. The molecule has 1 aliphatic rings. The van der Waals surface area contributed by atoms with E-state index < -0.39 is 20.9 Å². The third-order valence-corrected chi connectivity index (χ3v) is 8.58. The SMILES string of the molecule is N#Cc1cc(S(=O)(=O)N2CCCCc3ccccc32)sc1NC(=O)c1ccccc1[N+](=O)[O-]. The Morgan fingerprint density at radius 2 is 1.88 bits per heavy atom. The number of nitro groups is 1. The Morgan fingerprint density at radius 1 is 1.15 bits per heavy atom. The number of aryl methyl sites for hydroxylation is 1. The van der Waals surface area contributed by atoms with Gasteiger partial charge < -0.3 is 5.32 Å². The zero-order valence-electron chi connectivity index (χ0n) is 17.2. The number of fused-ring (bicyclic) bond motifs is 1. The van der Waals surface area contributed by atoms with Crippen molar-refractivity contribution in [3.05, 3.63) is 81.4 Å². The molecule has 1 aliphatic heterocycles. The summed E-state index contributed by atoms with van der Waals surface area (Å²) in [5, 5.41) is 23.2. The second kappa shape index (κ2) is 9.01. The molecule has 168 valence electrons. The molecule has 4 rings (SSSR count). The smallest absolute Gasteiger partial charge is 0.282 e. The minimum absolute atomic E-state index is 0.0160. The maximum absolute atomic E-state index is 13.5. The minimum Gasteiger partial charge on any atom is -0.312 e. The van der Waals surface area contributed by atoms with Crippen LogP contribution in [-0.4, -0.2) is 25.8 Å². The van der Waals surface area contributed by atoms with Gasteiger partial charge in [-0.15, -0.1) is 11.3 Å². The lowest BCUT2D eigenvalue weighted by Gasteiger charge is -2.23. The van der Waals surface area contributed by atoms with Gasteiger partial charge in [-0.25, -0.2) is 8.42 Å². The van der Waals surface area contributed by atoms with Gasteiger partial charge in [0.15, 0.2) is 0 Å². The summed E-state index contributed by atoms with van der Waals surface area (Å²) >= 11 is 0.749. The van der Waals surface area contributed by atoms with E-state index in [0.29, 0.717) is 18.7 Å². The van der Waals surface area contributed by atoms with Crippen molar-refractivity contribution in [1.82, 2.24) is 0 Å². The number of rotatable bonds is 5. The van der Waals surface area contributed by atoms with Crippen LogP contribution in [0.15, 0.2) is 58.8 Å². The van der Waals surface area contributed by atoms with Gasteiger partial charge in [-0.2, -0.15) is 5.26 Å². The quantitative estimate of drug-likeness (QED) is 0.425. The molecule has 0 aliphatic carbocycles. The molecule has 9 nitrogen and oxygen atoms in total. The Bertz CT molecular complexity index is 1390. The lowest BCUT2D eigenvalue weighted by molar-refractivity contribution is -0.385. The molecule has 0 atom stereocenters. The maximum Gasteiger partial charge on any atom is 0.282 e. The summed E-state index contributed by atoms with van der Waals surface area (Å²) in [6, 6.07) is 15.8. The predicted octanol–water partition coefficient (Wildman–Crippen LogP) is 4.31. The average molecular weight is 483 g/mol. The number of anilines is 2. The summed E-state index contributed by atoms with van der Waals surface area (Å²) in [7, 11) is -3.99. The first-order valence-electron chi connectivity index (χ1n) is 10.0. The van der Waals surface area contributed by atoms with Gasteiger partial charge in [0.05, 0.1) is 16.2 Å². The summed E-state index contributed by atoms with van der Waals surface area (Å²) in [6.07, 6.45) is 2.31. The molecular weight excluding hydrogens is 464 g/mol. The van der Waals surface area contributed by atoms with Gasteiger partial charge >= 0.3 is 0 Å². The van der Waals surface area contributed by atoms with Gasteiger partial charge in [-0.1, -0.05) is 30.3 Å². The van der Waals surface area contributed by atoms with E-state index in [1.54, 1.807) is 12.1 Å². The van der Waals surface area contributed by atoms with Crippen molar-refractivity contribution in [2.45, 2.75) is 23.5 Å². The van der Waals surface area contributed by atoms with E-state index in [4.69, 9.17) is 0 Å². The molecule has 2 aromatic carbocycles. The van der Waals surface area contributed by atoms with E-state index in [0.717, 1.165) is 29.7 Å². The van der Waals surface area contributed by atoms with Gasteiger partial charge in [-0.05, 0) is 43.0 Å². The van der Waals surface area contributed by atoms with E-state index in [-0.39, 0.29) is 26.0 Å². The fourth-order valence-corrected chi connectivity index (χ4v) is 6.65. The van der Waals surface area contributed by atoms with Gasteiger partial charge in [0.2, 0.25) is 0 Å². The molecule has 1 aromatic heterocycles. The van der Waals surface area contributed by atoms with Crippen molar-refractivity contribution in [2.24, 2.45) is 0 Å². The number of hydrogen-bond donors (Lipinski definition) is 1. The highest BCUT2D eigenvalue weighted by molar-refractivity contribution is 7.94. The Balaban J connectivity index is 1.70. The van der Waals surface area contributed by atoms with Gasteiger partial charge in [0.1, 0.15) is 20.8 Å². The highest BCUT2D eigenvalue weighted by atomic mass is 32.2. The average Bonchev–Trinajstić information content (AvgIpc) is 3.09. The van der Waals surface area contributed by atoms with Gasteiger partial charge in [0, 0.05) is 12.6 Å². The number of nitrogens with zero attached hydrogens (tertiary/aromatic N) is 3. The van der Waals surface area contributed by atoms with Crippen LogP contribution in [0.4, 0.5) is 16.4 Å². The van der Waals surface area contributed by atoms with Crippen LogP contribution in [-0.2, 0) is 16.4 Å². The number of thiophene rings is 1. The third kappa shape index (κ3) is 4.30. The number of sulfonamides is 1. The Labute approximate surface area is 194 Å². The molecule has 0 fully saturated rings. The number of carbonyl (C=O) groups is 1. The molecule has 1 amide bonds. The van der Waals surface area contributed by atoms with E-state index in [1.807, 2.05) is 18.2 Å². The van der Waals surface area contributed by atoms with Crippen LogP contribution in [0.5, 0.6) is 0 Å². The van der Waals surface area contributed by atoms with Crippen LogP contribution in [0.25, 0.3) is 0 Å². The second-order valence-electron chi connectivity index (χ2n) is 7.31. The van der Waals surface area contributed by atoms with Crippen LogP contribution in [0.1, 0.15) is 34.3 Å². The molecule has 0 radical (unpaired) electrons. The molecule has 1 N–H and O–H groups in total. The molecule has 3 aromatic rings. The summed E-state index contributed by atoms with van der Waals surface area (Å²) in [5.41, 5.74) is 0.922. The number of nitrogens with one attached hydrogen (secondary N) is 1. The fourth-order valence-electron chi connectivity index (χ4n) is 3.68. The standard InChI is InChI=1S/C22H18N4O5S2/c23-14-16-13-20(32-22(16)24-21(27)17-9-2-4-11-19(17)26(28)29)33(30,31)25-12-6-5-8-15-7-1-3-10-18(15)25/h1-4,7,9-11,13H,5-6,8,12H2,(H,24,27). The second-order valence-corrected chi connectivity index (χ2v) is 10.5. The molecule has 0 unspecified atom stereocenters. The Hall–Kier alpha value is -3.75. The van der Waals surface area contributed by atoms with Crippen molar-refractivity contribution in [2.75, 3.05) is 16.2 Å². The summed E-state index contributed by atoms with van der Waals surface area (Å²) in [6.45, 7) is 0.303. The molecule has 0 saturated heterocycles. The van der Waals surface area contributed by atoms with Crippen molar-refractivity contribution < 1.29 is 18.1 Å². The lowest BCUT2D eigenvalue weighted by Crippen LogP contribution is -2.31. The Morgan fingerprint density at radius 3 is 2.64 bits per heavy atom. The van der Waals surface area contributed by atoms with E-state index >= 15 is 0 Å². The molecule has 2 heterocycles. The van der Waals surface area contributed by atoms with Crippen LogP contribution >= 0.6 is 11.3 Å². The topological polar surface area (TPSA) is 133 Å². The number of benzene rings is 2. The number of hydrogen-bond acceptors (Lipinski definition) is 7. The molecule has 0 saturated carbocycles. The third-order valence-electron chi connectivity index (χ3n) is 5.26. The normalized spacial score (nSPS) is 13.5. The fraction of sp³-hybridized carbons (Fsp3) is 0.182. The van der Waals surface area contributed by atoms with Crippen LogP contribution < -0.4 is 9.62 Å². The number of amides is 1. The van der Waals surface area contributed by atoms with Crippen molar-refractivity contribution >= 4 is 43.6 Å². The van der Waals surface area contributed by atoms with Crippen molar-refractivity contribution in [1.29, 1.82) is 5.26 Å². The lowest BCUT2D eigenvalue weighted by atomic mass is 10.1. The molecule has 0 spiro atoms. The maximum atomic E-state index is 13.5. The molecule has 11 heteroatoms. The first-order chi connectivity index (χ1) is 15.8. The van der Waals surface area contributed by atoms with E-state index in [9.17, 15) is 28.6 Å². The Kier molecular flexibility index (Phi) is 6.13. The first kappa shape index (κ1) is 22.4. The number of nitriles is 1. The number of nitro benzene ring substituents is 1. The monoisotopic (exact) mass is 482 g/mol. The zero-order valence-corrected chi connectivity index (χ0v) is 18.9. The van der Waals surface area contributed by atoms with E-state index in [1.165, 1.54) is 34.6 Å². The summed E-state index contributed by atoms with van der Waals surface area (Å²) < 4.78 is 28.3. The van der Waals surface area contributed by atoms with Gasteiger partial charge in [-0.3, -0.25) is 19.2 Å². The first-order valence-corrected chi connectivity index (χ1v) is 12.3. The molecule has 0 bridgehead atoms. The van der Waals surface area contributed by atoms with Crippen LogP contribution in [0, 0.1) is 21.4 Å². The van der Waals surface area contributed by atoms with Crippen LogP contribution in [0.3, 0.4) is 0 Å². The number of para-hydroxylation sites is 2. The van der Waals surface area contributed by atoms with Crippen LogP contribution in [0.2, 0.25) is 0 Å². The predicted molar refractivity (Wildman–Crippen MR) is 124 cm³/mol. The van der Waals surface area contributed by atoms with Gasteiger partial charge in [0.25, 0.3) is 21.6 Å². The highest BCUT2D eigenvalue weighted by Crippen LogP contribution is 2.37. The zero-order chi connectivity index (χ0) is 23.6. The molecular formula is C22H18N4O5S2.